The maximum absolute atomic E-state index is 3.51. The Morgan fingerprint density at radius 1 is 1.12 bits per heavy atom. The third-order valence-electron chi connectivity index (χ3n) is 3.78. The highest BCUT2D eigenvalue weighted by molar-refractivity contribution is 4.81. The first-order valence-corrected chi connectivity index (χ1v) is 6.64. The van der Waals surface area contributed by atoms with Gasteiger partial charge >= 0.3 is 0 Å². The van der Waals surface area contributed by atoms with E-state index in [1.807, 2.05) is 0 Å². The van der Waals surface area contributed by atoms with Crippen LogP contribution in [0.25, 0.3) is 0 Å². The lowest BCUT2D eigenvalue weighted by atomic mass is 9.98. The Morgan fingerprint density at radius 3 is 2.25 bits per heavy atom. The normalized spacial score (nSPS) is 19.9. The Labute approximate surface area is 101 Å². The Morgan fingerprint density at radius 2 is 1.75 bits per heavy atom. The summed E-state index contributed by atoms with van der Waals surface area (Å²) in [6.07, 6.45) is 5.72. The molecular formula is C13H29N3. The largest absolute Gasteiger partial charge is 0.315 e. The van der Waals surface area contributed by atoms with Crippen LogP contribution in [0.4, 0.5) is 0 Å². The van der Waals surface area contributed by atoms with Crippen molar-refractivity contribution in [3.63, 3.8) is 0 Å². The van der Waals surface area contributed by atoms with Crippen molar-refractivity contribution in [3.8, 4) is 0 Å². The molecule has 1 rings (SSSR count). The molecule has 0 saturated heterocycles. The average molecular weight is 227 g/mol. The zero-order valence-corrected chi connectivity index (χ0v) is 11.5. The summed E-state index contributed by atoms with van der Waals surface area (Å²) in [4.78, 5) is 4.71. The van der Waals surface area contributed by atoms with Crippen LogP contribution in [-0.2, 0) is 0 Å². The minimum atomic E-state index is 0.690. The molecule has 96 valence electrons. The van der Waals surface area contributed by atoms with Gasteiger partial charge in [-0.15, -0.1) is 0 Å². The zero-order valence-electron chi connectivity index (χ0n) is 11.5. The Hall–Kier alpha value is -0.120. The maximum atomic E-state index is 3.51. The minimum absolute atomic E-state index is 0.690. The van der Waals surface area contributed by atoms with Crippen molar-refractivity contribution < 1.29 is 0 Å². The highest BCUT2D eigenvalue weighted by Gasteiger charge is 2.24. The molecule has 1 aliphatic rings. The fraction of sp³-hybridized carbons (Fsp3) is 1.00. The highest BCUT2D eigenvalue weighted by atomic mass is 15.2. The minimum Gasteiger partial charge on any atom is -0.315 e. The van der Waals surface area contributed by atoms with E-state index in [-0.39, 0.29) is 0 Å². The first-order chi connectivity index (χ1) is 7.63. The summed E-state index contributed by atoms with van der Waals surface area (Å²) >= 11 is 0. The lowest BCUT2D eigenvalue weighted by Crippen LogP contribution is -2.43. The predicted octanol–water partition coefficient (Wildman–Crippen LogP) is 1.26. The number of hydrogen-bond donors (Lipinski definition) is 1. The summed E-state index contributed by atoms with van der Waals surface area (Å²) in [5, 5.41) is 3.51. The number of rotatable bonds is 7. The summed E-state index contributed by atoms with van der Waals surface area (Å²) < 4.78 is 0. The van der Waals surface area contributed by atoms with E-state index in [0.29, 0.717) is 6.04 Å². The van der Waals surface area contributed by atoms with E-state index >= 15 is 0 Å². The fourth-order valence-electron chi connectivity index (χ4n) is 2.63. The van der Waals surface area contributed by atoms with Gasteiger partial charge in [0.05, 0.1) is 0 Å². The van der Waals surface area contributed by atoms with Crippen molar-refractivity contribution in [1.82, 2.24) is 15.1 Å². The Balaban J connectivity index is 2.25. The number of nitrogens with one attached hydrogen (secondary N) is 1. The van der Waals surface area contributed by atoms with E-state index in [9.17, 15) is 0 Å². The molecule has 1 aliphatic carbocycles. The van der Waals surface area contributed by atoms with Gasteiger partial charge in [0.1, 0.15) is 0 Å². The number of hydrogen-bond acceptors (Lipinski definition) is 3. The van der Waals surface area contributed by atoms with Crippen LogP contribution in [0.3, 0.4) is 0 Å². The summed E-state index contributed by atoms with van der Waals surface area (Å²) in [6.45, 7) is 3.50. The molecule has 0 aromatic rings. The molecule has 3 nitrogen and oxygen atoms in total. The van der Waals surface area contributed by atoms with Crippen LogP contribution >= 0.6 is 0 Å². The standard InChI is InChI=1S/C13H29N3/c1-14-13(12-7-5-6-8-12)11-16(4)10-9-15(2)3/h12-14H,5-11H2,1-4H3. The molecule has 0 heterocycles. The molecule has 16 heavy (non-hydrogen) atoms. The lowest BCUT2D eigenvalue weighted by Gasteiger charge is -2.28. The van der Waals surface area contributed by atoms with Crippen LogP contribution in [0, 0.1) is 5.92 Å². The Bertz CT molecular complexity index is 176. The van der Waals surface area contributed by atoms with Crippen LogP contribution in [0.5, 0.6) is 0 Å². The van der Waals surface area contributed by atoms with Gasteiger partial charge in [0.15, 0.2) is 0 Å². The van der Waals surface area contributed by atoms with E-state index in [0.717, 1.165) is 19.0 Å². The first-order valence-electron chi connectivity index (χ1n) is 6.64. The topological polar surface area (TPSA) is 18.5 Å². The van der Waals surface area contributed by atoms with E-state index in [1.165, 1.54) is 32.2 Å². The average Bonchev–Trinajstić information content (AvgIpc) is 2.76. The van der Waals surface area contributed by atoms with Gasteiger partial charge in [-0.05, 0) is 47.0 Å². The van der Waals surface area contributed by atoms with Gasteiger partial charge < -0.3 is 15.1 Å². The van der Waals surface area contributed by atoms with Gasteiger partial charge in [0.2, 0.25) is 0 Å². The third kappa shape index (κ3) is 4.81. The Kier molecular flexibility index (Phi) is 6.32. The van der Waals surface area contributed by atoms with Crippen LogP contribution in [0.2, 0.25) is 0 Å². The smallest absolute Gasteiger partial charge is 0.0220 e. The molecule has 1 atom stereocenters. The van der Waals surface area contributed by atoms with Gasteiger partial charge in [0.25, 0.3) is 0 Å². The molecule has 0 radical (unpaired) electrons. The van der Waals surface area contributed by atoms with Gasteiger partial charge in [-0.1, -0.05) is 12.8 Å². The molecular weight excluding hydrogens is 198 g/mol. The third-order valence-corrected chi connectivity index (χ3v) is 3.78. The maximum Gasteiger partial charge on any atom is 0.0220 e. The molecule has 0 aromatic heterocycles. The van der Waals surface area contributed by atoms with Crippen molar-refractivity contribution in [2.75, 3.05) is 47.8 Å². The monoisotopic (exact) mass is 227 g/mol. The predicted molar refractivity (Wildman–Crippen MR) is 70.9 cm³/mol. The fourth-order valence-corrected chi connectivity index (χ4v) is 2.63. The van der Waals surface area contributed by atoms with Gasteiger partial charge in [-0.2, -0.15) is 0 Å². The van der Waals surface area contributed by atoms with Gasteiger partial charge in [0, 0.05) is 25.7 Å². The molecule has 0 bridgehead atoms. The summed E-state index contributed by atoms with van der Waals surface area (Å²) in [5.41, 5.74) is 0. The summed E-state index contributed by atoms with van der Waals surface area (Å²) in [6, 6.07) is 0.690. The first kappa shape index (κ1) is 13.9. The zero-order chi connectivity index (χ0) is 12.0. The SMILES string of the molecule is CNC(CN(C)CCN(C)C)C1CCCC1. The molecule has 0 aromatic carbocycles. The number of likely N-dealkylation sites (N-methyl/N-ethyl adjacent to an activating group) is 3. The lowest BCUT2D eigenvalue weighted by molar-refractivity contribution is 0.228. The second kappa shape index (κ2) is 7.25. The van der Waals surface area contributed by atoms with Crippen LogP contribution in [-0.4, -0.2) is 63.7 Å². The quantitative estimate of drug-likeness (QED) is 0.706. The molecule has 3 heteroatoms. The molecule has 1 saturated carbocycles. The molecule has 1 unspecified atom stereocenters. The van der Waals surface area contributed by atoms with Crippen LogP contribution in [0.15, 0.2) is 0 Å². The number of nitrogens with zero attached hydrogens (tertiary/aromatic N) is 2. The summed E-state index contributed by atoms with van der Waals surface area (Å²) in [5.74, 6) is 0.909. The molecule has 0 amide bonds. The van der Waals surface area contributed by atoms with Crippen molar-refractivity contribution in [3.05, 3.63) is 0 Å². The van der Waals surface area contributed by atoms with Crippen molar-refractivity contribution in [1.29, 1.82) is 0 Å². The molecule has 1 N–H and O–H groups in total. The second-order valence-corrected chi connectivity index (χ2v) is 5.51. The van der Waals surface area contributed by atoms with Crippen molar-refractivity contribution >= 4 is 0 Å². The van der Waals surface area contributed by atoms with E-state index in [2.05, 4.69) is 43.3 Å². The van der Waals surface area contributed by atoms with E-state index < -0.39 is 0 Å². The second-order valence-electron chi connectivity index (χ2n) is 5.51. The van der Waals surface area contributed by atoms with Gasteiger partial charge in [-0.3, -0.25) is 0 Å². The van der Waals surface area contributed by atoms with E-state index in [1.54, 1.807) is 0 Å². The van der Waals surface area contributed by atoms with Crippen LogP contribution < -0.4 is 5.32 Å². The van der Waals surface area contributed by atoms with Crippen LogP contribution in [0.1, 0.15) is 25.7 Å². The van der Waals surface area contributed by atoms with Crippen molar-refractivity contribution in [2.45, 2.75) is 31.7 Å². The van der Waals surface area contributed by atoms with Crippen molar-refractivity contribution in [2.24, 2.45) is 5.92 Å². The van der Waals surface area contributed by atoms with Gasteiger partial charge in [-0.25, -0.2) is 0 Å². The molecule has 1 fully saturated rings. The highest BCUT2D eigenvalue weighted by Crippen LogP contribution is 2.27. The summed E-state index contributed by atoms with van der Waals surface area (Å²) in [7, 11) is 8.63. The van der Waals surface area contributed by atoms with E-state index in [4.69, 9.17) is 0 Å². The molecule has 0 spiro atoms. The molecule has 0 aliphatic heterocycles.